The Hall–Kier alpha value is -1.29. The van der Waals surface area contributed by atoms with E-state index in [4.69, 9.17) is 5.73 Å². The summed E-state index contributed by atoms with van der Waals surface area (Å²) in [5.41, 5.74) is 7.22. The van der Waals surface area contributed by atoms with Gasteiger partial charge in [-0.3, -0.25) is 4.79 Å². The number of likely N-dealkylation sites (tertiary alicyclic amines) is 1. The van der Waals surface area contributed by atoms with Crippen LogP contribution in [0.2, 0.25) is 0 Å². The maximum absolute atomic E-state index is 12.0. The van der Waals surface area contributed by atoms with E-state index in [-0.39, 0.29) is 5.56 Å². The highest BCUT2D eigenvalue weighted by Gasteiger charge is 2.33. The molecule has 1 fully saturated rings. The van der Waals surface area contributed by atoms with Crippen LogP contribution in [0, 0.1) is 5.92 Å². The largest absolute Gasteiger partial charge is 0.394 e. The molecule has 2 aliphatic heterocycles. The lowest BCUT2D eigenvalue weighted by Gasteiger charge is -2.41. The van der Waals surface area contributed by atoms with Crippen molar-refractivity contribution in [3.05, 3.63) is 28.2 Å². The molecule has 2 N–H and O–H groups in total. The third-order valence-electron chi connectivity index (χ3n) is 3.82. The Morgan fingerprint density at radius 3 is 2.94 bits per heavy atom. The number of anilines is 1. The first-order chi connectivity index (χ1) is 7.65. The molecule has 0 aromatic carbocycles. The lowest BCUT2D eigenvalue weighted by Crippen LogP contribution is -2.45. The maximum Gasteiger partial charge on any atom is 0.273 e. The molecule has 0 spiro atoms. The Labute approximate surface area is 94.7 Å². The first-order valence-electron chi connectivity index (χ1n) is 5.83. The minimum absolute atomic E-state index is 0.00301. The second-order valence-corrected chi connectivity index (χ2v) is 5.15. The predicted molar refractivity (Wildman–Crippen MR) is 63.5 cm³/mol. The number of fused-ring (bicyclic) bond motifs is 4. The van der Waals surface area contributed by atoms with E-state index in [1.54, 1.807) is 6.07 Å². The number of nitrogens with zero attached hydrogens (tertiary/aromatic N) is 2. The number of hydrogen-bond acceptors (Lipinski definition) is 3. The third kappa shape index (κ3) is 1.37. The number of aromatic nitrogens is 1. The van der Waals surface area contributed by atoms with Crippen molar-refractivity contribution < 1.29 is 0 Å². The number of rotatable bonds is 0. The molecule has 1 saturated heterocycles. The summed E-state index contributed by atoms with van der Waals surface area (Å²) in [5, 5.41) is 0. The van der Waals surface area contributed by atoms with Crippen LogP contribution >= 0.6 is 0 Å². The van der Waals surface area contributed by atoms with Gasteiger partial charge in [-0.1, -0.05) is 0 Å². The van der Waals surface area contributed by atoms with Crippen molar-refractivity contribution in [1.82, 2.24) is 9.47 Å². The van der Waals surface area contributed by atoms with Crippen molar-refractivity contribution in [3.8, 4) is 0 Å². The van der Waals surface area contributed by atoms with Gasteiger partial charge in [-0.25, -0.2) is 0 Å². The third-order valence-corrected chi connectivity index (χ3v) is 3.82. The second-order valence-electron chi connectivity index (χ2n) is 5.15. The van der Waals surface area contributed by atoms with Crippen LogP contribution in [0.3, 0.4) is 0 Å². The first-order valence-corrected chi connectivity index (χ1v) is 5.83. The monoisotopic (exact) mass is 219 g/mol. The topological polar surface area (TPSA) is 51.3 Å². The van der Waals surface area contributed by atoms with Crippen LogP contribution in [0.4, 0.5) is 5.69 Å². The van der Waals surface area contributed by atoms with E-state index in [0.29, 0.717) is 17.5 Å². The summed E-state index contributed by atoms with van der Waals surface area (Å²) in [6.45, 7) is 2.98. The molecule has 2 bridgehead atoms. The van der Waals surface area contributed by atoms with Crippen LogP contribution in [0.25, 0.3) is 0 Å². The Morgan fingerprint density at radius 2 is 2.12 bits per heavy atom. The van der Waals surface area contributed by atoms with E-state index in [1.165, 1.54) is 12.1 Å². The number of piperidine rings is 1. The van der Waals surface area contributed by atoms with Crippen molar-refractivity contribution in [3.63, 3.8) is 0 Å². The van der Waals surface area contributed by atoms with Crippen molar-refractivity contribution in [2.24, 2.45) is 5.92 Å². The Balaban J connectivity index is 2.12. The zero-order chi connectivity index (χ0) is 11.3. The summed E-state index contributed by atoms with van der Waals surface area (Å²) >= 11 is 0. The van der Waals surface area contributed by atoms with E-state index in [1.807, 2.05) is 10.6 Å². The molecule has 3 rings (SSSR count). The zero-order valence-electron chi connectivity index (χ0n) is 9.52. The number of likely N-dealkylation sites (N-methyl/N-ethyl adjacent to an activating group) is 1. The summed E-state index contributed by atoms with van der Waals surface area (Å²) in [6, 6.07) is 3.78. The first kappa shape index (κ1) is 9.90. The SMILES string of the molecule is CN1C[C@@H]2C[C@@H](C1)c1ccc(N)c(=O)n1C2. The number of pyridine rings is 1. The molecular weight excluding hydrogens is 202 g/mol. The van der Waals surface area contributed by atoms with E-state index in [0.717, 1.165) is 19.6 Å². The highest BCUT2D eigenvalue weighted by Crippen LogP contribution is 2.34. The van der Waals surface area contributed by atoms with Gasteiger partial charge in [0.15, 0.2) is 0 Å². The molecule has 0 saturated carbocycles. The van der Waals surface area contributed by atoms with Gasteiger partial charge in [-0.2, -0.15) is 0 Å². The molecule has 0 unspecified atom stereocenters. The fourth-order valence-corrected chi connectivity index (χ4v) is 3.20. The summed E-state index contributed by atoms with van der Waals surface area (Å²) in [6.07, 6.45) is 1.22. The van der Waals surface area contributed by atoms with Gasteiger partial charge in [0.1, 0.15) is 0 Å². The van der Waals surface area contributed by atoms with E-state index >= 15 is 0 Å². The Morgan fingerprint density at radius 1 is 1.31 bits per heavy atom. The summed E-state index contributed by atoms with van der Waals surface area (Å²) in [4.78, 5) is 14.3. The van der Waals surface area contributed by atoms with Crippen molar-refractivity contribution in [2.45, 2.75) is 18.9 Å². The molecule has 4 nitrogen and oxygen atoms in total. The highest BCUT2D eigenvalue weighted by atomic mass is 16.1. The summed E-state index contributed by atoms with van der Waals surface area (Å²) in [7, 11) is 2.16. The van der Waals surface area contributed by atoms with Crippen LogP contribution in [0.1, 0.15) is 18.0 Å². The van der Waals surface area contributed by atoms with Crippen molar-refractivity contribution in [1.29, 1.82) is 0 Å². The summed E-state index contributed by atoms with van der Waals surface area (Å²) < 4.78 is 1.89. The van der Waals surface area contributed by atoms with Gasteiger partial charge in [0.25, 0.3) is 5.56 Å². The molecule has 1 aromatic rings. The van der Waals surface area contributed by atoms with Crippen LogP contribution in [-0.4, -0.2) is 29.6 Å². The van der Waals surface area contributed by atoms with Gasteiger partial charge < -0.3 is 15.2 Å². The van der Waals surface area contributed by atoms with E-state index < -0.39 is 0 Å². The fraction of sp³-hybridized carbons (Fsp3) is 0.583. The van der Waals surface area contributed by atoms with Crippen LogP contribution in [0.5, 0.6) is 0 Å². The Bertz CT molecular complexity index is 480. The van der Waals surface area contributed by atoms with Gasteiger partial charge in [0.2, 0.25) is 0 Å². The average molecular weight is 219 g/mol. The standard InChI is InChI=1S/C12H17N3O/c1-14-5-8-4-9(7-14)11-3-2-10(13)12(16)15(11)6-8/h2-3,8-9H,4-7,13H2,1H3/t8-,9-/m0/s1. The van der Waals surface area contributed by atoms with E-state index in [9.17, 15) is 4.79 Å². The van der Waals surface area contributed by atoms with Gasteiger partial charge in [-0.05, 0) is 31.5 Å². The van der Waals surface area contributed by atoms with Gasteiger partial charge in [-0.15, -0.1) is 0 Å². The van der Waals surface area contributed by atoms with Gasteiger partial charge >= 0.3 is 0 Å². The fourth-order valence-electron chi connectivity index (χ4n) is 3.20. The molecule has 1 aromatic heterocycles. The van der Waals surface area contributed by atoms with Crippen LogP contribution in [0.15, 0.2) is 16.9 Å². The van der Waals surface area contributed by atoms with E-state index in [2.05, 4.69) is 11.9 Å². The lowest BCUT2D eigenvalue weighted by molar-refractivity contribution is 0.145. The molecular formula is C12H17N3O. The molecule has 16 heavy (non-hydrogen) atoms. The molecule has 0 radical (unpaired) electrons. The molecule has 3 heterocycles. The zero-order valence-corrected chi connectivity index (χ0v) is 9.52. The minimum atomic E-state index is -0.00301. The van der Waals surface area contributed by atoms with Crippen molar-refractivity contribution in [2.75, 3.05) is 25.9 Å². The lowest BCUT2D eigenvalue weighted by atomic mass is 9.83. The number of hydrogen-bond donors (Lipinski definition) is 1. The number of nitrogen functional groups attached to an aromatic ring is 1. The highest BCUT2D eigenvalue weighted by molar-refractivity contribution is 5.37. The number of nitrogens with two attached hydrogens (primary N) is 1. The molecule has 2 aliphatic rings. The van der Waals surface area contributed by atoms with Gasteiger partial charge in [0.05, 0.1) is 5.69 Å². The predicted octanol–water partition coefficient (Wildman–Crippen LogP) is 0.479. The molecule has 4 heteroatoms. The molecule has 0 aliphatic carbocycles. The van der Waals surface area contributed by atoms with Crippen molar-refractivity contribution >= 4 is 5.69 Å². The van der Waals surface area contributed by atoms with Crippen LogP contribution in [-0.2, 0) is 6.54 Å². The maximum atomic E-state index is 12.0. The molecule has 0 amide bonds. The average Bonchev–Trinajstić information content (AvgIpc) is 2.23. The second kappa shape index (κ2) is 3.35. The Kier molecular flexibility index (Phi) is 2.07. The smallest absolute Gasteiger partial charge is 0.273 e. The summed E-state index contributed by atoms with van der Waals surface area (Å²) in [5.74, 6) is 1.11. The van der Waals surface area contributed by atoms with Crippen LogP contribution < -0.4 is 11.3 Å². The van der Waals surface area contributed by atoms with Gasteiger partial charge in [0, 0.05) is 31.2 Å². The minimum Gasteiger partial charge on any atom is -0.394 e. The normalized spacial score (nSPS) is 28.8. The molecule has 2 atom stereocenters. The quantitative estimate of drug-likeness (QED) is 0.690. The molecule has 86 valence electrons.